The number of hydrazine groups is 1. The van der Waals surface area contributed by atoms with Crippen molar-refractivity contribution in [1.29, 1.82) is 0 Å². The van der Waals surface area contributed by atoms with E-state index in [-0.39, 0.29) is 0 Å². The summed E-state index contributed by atoms with van der Waals surface area (Å²) in [6.45, 7) is 0. The summed E-state index contributed by atoms with van der Waals surface area (Å²) >= 11 is 0. The van der Waals surface area contributed by atoms with E-state index in [1.807, 2.05) is 0 Å². The van der Waals surface area contributed by atoms with E-state index in [0.29, 0.717) is 7.11 Å². The molecule has 8 nitrogen and oxygen atoms in total. The molecule has 76 valence electrons. The average molecular weight is 222 g/mol. The topological polar surface area (TPSA) is 136 Å². The maximum atomic E-state index is 9.96. The molecule has 4 N–H and O–H groups in total. The van der Waals surface area contributed by atoms with Gasteiger partial charge in [-0.2, -0.15) is 16.8 Å². The number of nitrogens with one attached hydrogen (secondary N) is 1. The van der Waals surface area contributed by atoms with E-state index in [1.165, 1.54) is 0 Å². The van der Waals surface area contributed by atoms with Crippen molar-refractivity contribution in [3.05, 3.63) is 0 Å². The van der Waals surface area contributed by atoms with Crippen LogP contribution in [-0.2, 0) is 22.5 Å². The maximum Gasteiger partial charge on any atom is 0.399 e. The van der Waals surface area contributed by atoms with E-state index in [9.17, 15) is 16.8 Å². The van der Waals surface area contributed by atoms with Crippen LogP contribution >= 0.6 is 0 Å². The maximum absolute atomic E-state index is 9.96. The van der Waals surface area contributed by atoms with Gasteiger partial charge in [0.05, 0.1) is 7.11 Å². The Morgan fingerprint density at radius 2 is 1.58 bits per heavy atom. The fraction of sp³-hybridized carbons (Fsp3) is 1.00. The lowest BCUT2D eigenvalue weighted by Gasteiger charge is -1.92. The van der Waals surface area contributed by atoms with Crippen LogP contribution in [0.25, 0.3) is 0 Å². The number of hydrogen-bond donors (Lipinski definition) is 3. The van der Waals surface area contributed by atoms with Crippen LogP contribution in [0.4, 0.5) is 0 Å². The average Bonchev–Trinajstić information content (AvgIpc) is 1.87. The molecule has 12 heavy (non-hydrogen) atoms. The fourth-order valence-electron chi connectivity index (χ4n) is 0.0860. The van der Waals surface area contributed by atoms with Crippen molar-refractivity contribution in [1.82, 2.24) is 5.43 Å². The molecule has 0 unspecified atom stereocenters. The van der Waals surface area contributed by atoms with Gasteiger partial charge < -0.3 is 0 Å². The molecule has 0 aromatic rings. The minimum absolute atomic E-state index is 0.628. The third kappa shape index (κ3) is 5.40. The highest BCUT2D eigenvalue weighted by Crippen LogP contribution is 1.98. The third-order valence-electron chi connectivity index (χ3n) is 0.462. The molecule has 0 atom stereocenters. The summed E-state index contributed by atoms with van der Waals surface area (Å²) in [7, 11) is -7.63. The first-order chi connectivity index (χ1) is 5.22. The summed E-state index contributed by atoms with van der Waals surface area (Å²) < 4.78 is 50.6. The molecule has 0 heterocycles. The SMILES string of the molecule is CNN.COS(=O)(=O)S(=O)(=O)O. The normalized spacial score (nSPS) is 11.7. The van der Waals surface area contributed by atoms with Crippen LogP contribution in [0, 0.1) is 0 Å². The zero-order valence-corrected chi connectivity index (χ0v) is 8.02. The predicted octanol–water partition coefficient (Wildman–Crippen LogP) is -2.16. The Kier molecular flexibility index (Phi) is 6.42. The highest BCUT2D eigenvalue weighted by Gasteiger charge is 2.26. The van der Waals surface area contributed by atoms with E-state index in [1.54, 1.807) is 7.05 Å². The smallest absolute Gasteiger partial charge is 0.272 e. The van der Waals surface area contributed by atoms with E-state index >= 15 is 0 Å². The molecule has 0 aromatic carbocycles. The molecule has 0 rings (SSSR count). The third-order valence-corrected chi connectivity index (χ3v) is 3.34. The van der Waals surface area contributed by atoms with Crippen LogP contribution in [0.15, 0.2) is 0 Å². The van der Waals surface area contributed by atoms with Crippen molar-refractivity contribution in [2.24, 2.45) is 5.84 Å². The Balaban J connectivity index is 0. The van der Waals surface area contributed by atoms with Gasteiger partial charge in [-0.05, 0) is 7.05 Å². The largest absolute Gasteiger partial charge is 0.399 e. The molecule has 0 fully saturated rings. The summed E-state index contributed by atoms with van der Waals surface area (Å²) in [6.07, 6.45) is 0. The number of hydrogen-bond acceptors (Lipinski definition) is 7. The van der Waals surface area contributed by atoms with Gasteiger partial charge in [-0.15, -0.1) is 0 Å². The molecule has 0 aliphatic rings. The molecule has 0 spiro atoms. The lowest BCUT2D eigenvalue weighted by Crippen LogP contribution is -2.14. The Morgan fingerprint density at radius 1 is 1.33 bits per heavy atom. The molecule has 0 saturated carbocycles. The van der Waals surface area contributed by atoms with Gasteiger partial charge in [0.15, 0.2) is 0 Å². The summed E-state index contributed by atoms with van der Waals surface area (Å²) in [5.41, 5.74) is 2.25. The lowest BCUT2D eigenvalue weighted by atomic mass is 11.5. The Bertz CT molecular complexity index is 290. The van der Waals surface area contributed by atoms with Gasteiger partial charge in [-0.1, -0.05) is 0 Å². The summed E-state index contributed by atoms with van der Waals surface area (Å²) in [5.74, 6) is 4.60. The second kappa shape index (κ2) is 5.40. The second-order valence-electron chi connectivity index (χ2n) is 1.29. The molecule has 0 bridgehead atoms. The van der Waals surface area contributed by atoms with E-state index in [0.717, 1.165) is 0 Å². The fourth-order valence-corrected chi connectivity index (χ4v) is 0.774. The van der Waals surface area contributed by atoms with Gasteiger partial charge in [0.1, 0.15) is 0 Å². The molecule has 0 saturated heterocycles. The van der Waals surface area contributed by atoms with Crippen molar-refractivity contribution < 1.29 is 25.6 Å². The summed E-state index contributed by atoms with van der Waals surface area (Å²) in [5, 5.41) is 0. The van der Waals surface area contributed by atoms with Gasteiger partial charge >= 0.3 is 18.3 Å². The zero-order chi connectivity index (χ0) is 10.4. The second-order valence-corrected chi connectivity index (χ2v) is 5.79. The van der Waals surface area contributed by atoms with Crippen LogP contribution in [0.2, 0.25) is 0 Å². The molecule has 0 radical (unpaired) electrons. The summed E-state index contributed by atoms with van der Waals surface area (Å²) in [4.78, 5) is 0. The number of rotatable bonds is 2. The van der Waals surface area contributed by atoms with E-state index < -0.39 is 18.3 Å². The van der Waals surface area contributed by atoms with Crippen LogP contribution in [0.5, 0.6) is 0 Å². The molecule has 0 aliphatic heterocycles. The van der Waals surface area contributed by atoms with Gasteiger partial charge in [0.25, 0.3) is 0 Å². The van der Waals surface area contributed by atoms with Gasteiger partial charge in [0, 0.05) is 0 Å². The Morgan fingerprint density at radius 3 is 1.58 bits per heavy atom. The van der Waals surface area contributed by atoms with Crippen molar-refractivity contribution in [3.8, 4) is 0 Å². The van der Waals surface area contributed by atoms with Gasteiger partial charge in [0.2, 0.25) is 0 Å². The van der Waals surface area contributed by atoms with Crippen molar-refractivity contribution in [3.63, 3.8) is 0 Å². The first-order valence-corrected chi connectivity index (χ1v) is 5.74. The highest BCUT2D eigenvalue weighted by atomic mass is 33.2. The van der Waals surface area contributed by atoms with E-state index in [4.69, 9.17) is 4.55 Å². The minimum atomic E-state index is -5.10. The molecule has 0 aliphatic carbocycles. The molecule has 10 heteroatoms. The molecular weight excluding hydrogens is 212 g/mol. The lowest BCUT2D eigenvalue weighted by molar-refractivity contribution is 0.399. The Hall–Kier alpha value is -0.260. The van der Waals surface area contributed by atoms with Crippen molar-refractivity contribution in [2.45, 2.75) is 0 Å². The molecule has 0 amide bonds. The van der Waals surface area contributed by atoms with Gasteiger partial charge in [-0.25, -0.2) is 0 Å². The summed E-state index contributed by atoms with van der Waals surface area (Å²) in [6, 6.07) is 0. The first kappa shape index (κ1) is 14.3. The van der Waals surface area contributed by atoms with Gasteiger partial charge in [-0.3, -0.25) is 20.0 Å². The quantitative estimate of drug-likeness (QED) is 0.208. The van der Waals surface area contributed by atoms with Crippen molar-refractivity contribution in [2.75, 3.05) is 14.2 Å². The minimum Gasteiger partial charge on any atom is -0.272 e. The number of nitrogens with two attached hydrogens (primary N) is 1. The van der Waals surface area contributed by atoms with Crippen molar-refractivity contribution >= 4 is 18.3 Å². The molecular formula is C2H10N2O6S2. The van der Waals surface area contributed by atoms with E-state index in [2.05, 4.69) is 15.5 Å². The van der Waals surface area contributed by atoms with Crippen LogP contribution in [-0.4, -0.2) is 35.5 Å². The highest BCUT2D eigenvalue weighted by molar-refractivity contribution is 8.63. The standard InChI is InChI=1S/CH6N2.CH4O6S2/c1-3-2;1-7-9(5,6)8(2,3)4/h3H,2H2,1H3;1H3,(H,2,3,4). The Labute approximate surface area is 69.9 Å². The van der Waals surface area contributed by atoms with Crippen LogP contribution in [0.1, 0.15) is 0 Å². The monoisotopic (exact) mass is 222 g/mol. The zero-order valence-electron chi connectivity index (χ0n) is 6.38. The molecule has 0 aromatic heterocycles. The predicted molar refractivity (Wildman–Crippen MR) is 40.7 cm³/mol. The first-order valence-electron chi connectivity index (χ1n) is 2.38. The van der Waals surface area contributed by atoms with Crippen LogP contribution < -0.4 is 11.3 Å². The van der Waals surface area contributed by atoms with Crippen LogP contribution in [0.3, 0.4) is 0 Å².